The van der Waals surface area contributed by atoms with E-state index in [1.165, 1.54) is 12.1 Å². The van der Waals surface area contributed by atoms with Crippen LogP contribution in [-0.2, 0) is 54.4 Å². The summed E-state index contributed by atoms with van der Waals surface area (Å²) in [6, 6.07) is 0.593. The van der Waals surface area contributed by atoms with Gasteiger partial charge < -0.3 is 103 Å². The Kier molecular flexibility index (Phi) is 48.1. The molecule has 1 rings (SSSR count). The summed E-state index contributed by atoms with van der Waals surface area (Å²) in [7, 11) is 0. The maximum absolute atomic E-state index is 10.4. The second kappa shape index (κ2) is 44.4. The van der Waals surface area contributed by atoms with Gasteiger partial charge in [0, 0.05) is 6.42 Å². The number of rotatable bonds is 23. The van der Waals surface area contributed by atoms with E-state index in [-0.39, 0.29) is 38.0 Å². The van der Waals surface area contributed by atoms with E-state index in [4.69, 9.17) is 91.8 Å². The summed E-state index contributed by atoms with van der Waals surface area (Å²) in [5.41, 5.74) is 50.5. The van der Waals surface area contributed by atoms with Gasteiger partial charge in [-0.3, -0.25) is 47.9 Å². The molecule has 1 aromatic carbocycles. The number of hydrogen-bond acceptors (Lipinski definition) is 20. The first-order valence-corrected chi connectivity index (χ1v) is 19.8. The highest BCUT2D eigenvalue weighted by atomic mass is 32.2. The number of carbonyl (C=O) groups is 10. The largest absolute Gasteiger partial charge is 0.508 e. The number of unbranched alkanes of at least 4 members (excludes halogenated alkanes) is 1. The SMILES string of the molecule is CSCC[C@H](N)C(=O)O.NC(=O)CC[C@H](N)C(=O)O.NC(=O)C[C@H](N)C(=O)O.NCC(=O)O.NCCCC[C@H](N)C(=O)O.N[C@@H](CC(=O)O)C(=O)O.N[C@@H](Cc1ccc(O)cc1)C(=O)O. The summed E-state index contributed by atoms with van der Waals surface area (Å²) in [5.74, 6) is -8.92. The Morgan fingerprint density at radius 2 is 0.877 bits per heavy atom. The Morgan fingerprint density at radius 1 is 0.508 bits per heavy atom. The maximum atomic E-state index is 10.4. The Bertz CT molecular complexity index is 1530. The monoisotopic (exact) mass is 962 g/mol. The summed E-state index contributed by atoms with van der Waals surface area (Å²) in [6.45, 7) is 0.326. The molecule has 0 spiro atoms. The number of carbonyl (C=O) groups excluding carboxylic acids is 2. The highest BCUT2D eigenvalue weighted by Crippen LogP contribution is 2.10. The molecule has 65 heavy (non-hydrogen) atoms. The molecule has 0 heterocycles. The van der Waals surface area contributed by atoms with Gasteiger partial charge in [0.15, 0.2) is 0 Å². The lowest BCUT2D eigenvalue weighted by molar-refractivity contribution is -0.144. The molecule has 0 aliphatic carbocycles. The van der Waals surface area contributed by atoms with E-state index in [0.717, 1.165) is 24.2 Å². The summed E-state index contributed by atoms with van der Waals surface area (Å²) in [6.07, 6.45) is 4.20. The fourth-order valence-electron chi connectivity index (χ4n) is 2.97. The normalized spacial score (nSPS) is 12.3. The Balaban J connectivity index is -0.000000158. The van der Waals surface area contributed by atoms with Gasteiger partial charge in [-0.1, -0.05) is 18.6 Å². The average Bonchev–Trinajstić information content (AvgIpc) is 3.20. The van der Waals surface area contributed by atoms with Gasteiger partial charge in [0.05, 0.1) is 19.4 Å². The lowest BCUT2D eigenvalue weighted by Gasteiger charge is -2.05. The van der Waals surface area contributed by atoms with Crippen LogP contribution >= 0.6 is 11.8 Å². The molecular weight excluding hydrogens is 897 g/mol. The molecule has 376 valence electrons. The van der Waals surface area contributed by atoms with Crippen LogP contribution in [0.25, 0.3) is 0 Å². The van der Waals surface area contributed by atoms with Crippen LogP contribution < -0.4 is 57.3 Å². The van der Waals surface area contributed by atoms with Gasteiger partial charge >= 0.3 is 47.8 Å². The zero-order valence-corrected chi connectivity index (χ0v) is 36.4. The summed E-state index contributed by atoms with van der Waals surface area (Å²) in [5, 5.41) is 74.0. The molecule has 0 radical (unpaired) electrons. The number of phenols is 1. The van der Waals surface area contributed by atoms with E-state index in [1.807, 2.05) is 6.26 Å². The minimum Gasteiger partial charge on any atom is -0.508 e. The van der Waals surface area contributed by atoms with Crippen molar-refractivity contribution in [3.63, 3.8) is 0 Å². The third kappa shape index (κ3) is 57.8. The molecule has 1 aromatic rings. The number of primary amides is 2. The van der Waals surface area contributed by atoms with E-state index < -0.39 is 102 Å². The smallest absolute Gasteiger partial charge is 0.321 e. The number of hydrogen-bond donors (Lipinski definition) is 19. The van der Waals surface area contributed by atoms with Crippen LogP contribution in [0.5, 0.6) is 5.75 Å². The number of amides is 2. The first-order chi connectivity index (χ1) is 29.8. The molecule has 0 bridgehead atoms. The van der Waals surface area contributed by atoms with E-state index in [1.54, 1.807) is 23.9 Å². The van der Waals surface area contributed by atoms with Gasteiger partial charge in [0.2, 0.25) is 11.8 Å². The van der Waals surface area contributed by atoms with Crippen molar-refractivity contribution in [2.24, 2.45) is 57.3 Å². The van der Waals surface area contributed by atoms with Crippen LogP contribution in [-0.4, -0.2) is 167 Å². The molecule has 6 atom stereocenters. The van der Waals surface area contributed by atoms with E-state index >= 15 is 0 Å². The van der Waals surface area contributed by atoms with E-state index in [0.29, 0.717) is 19.4 Å². The lowest BCUT2D eigenvalue weighted by atomic mass is 10.1. The number of aliphatic carboxylic acids is 8. The quantitative estimate of drug-likeness (QED) is 0.0456. The first kappa shape index (κ1) is 70.4. The van der Waals surface area contributed by atoms with Gasteiger partial charge in [-0.05, 0) is 68.4 Å². The van der Waals surface area contributed by atoms with Crippen LogP contribution in [0.2, 0.25) is 0 Å². The van der Waals surface area contributed by atoms with Crippen LogP contribution in [0.4, 0.5) is 0 Å². The van der Waals surface area contributed by atoms with E-state index in [9.17, 15) is 47.9 Å². The molecule has 30 heteroatoms. The second-order valence-corrected chi connectivity index (χ2v) is 13.5. The molecule has 29 nitrogen and oxygen atoms in total. The number of aromatic hydroxyl groups is 1. The van der Waals surface area contributed by atoms with Crippen molar-refractivity contribution < 1.29 is 93.9 Å². The van der Waals surface area contributed by atoms with Gasteiger partial charge in [0.1, 0.15) is 42.0 Å². The van der Waals surface area contributed by atoms with Crippen molar-refractivity contribution >= 4 is 71.3 Å². The number of benzene rings is 1. The van der Waals surface area contributed by atoms with E-state index in [2.05, 4.69) is 11.5 Å². The second-order valence-electron chi connectivity index (χ2n) is 12.5. The van der Waals surface area contributed by atoms with Crippen LogP contribution in [0.1, 0.15) is 56.9 Å². The molecule has 2 amide bonds. The van der Waals surface area contributed by atoms with Crippen molar-refractivity contribution in [3.05, 3.63) is 29.8 Å². The molecule has 0 aliphatic heterocycles. The molecule has 29 N–H and O–H groups in total. The van der Waals surface area contributed by atoms with Gasteiger partial charge in [-0.15, -0.1) is 0 Å². The highest BCUT2D eigenvalue weighted by molar-refractivity contribution is 7.98. The fourth-order valence-corrected chi connectivity index (χ4v) is 3.46. The molecule has 0 aromatic heterocycles. The fraction of sp³-hybridized carbons (Fsp3) is 0.543. The first-order valence-electron chi connectivity index (χ1n) is 18.4. The van der Waals surface area contributed by atoms with Crippen molar-refractivity contribution in [2.45, 2.75) is 94.0 Å². The zero-order valence-electron chi connectivity index (χ0n) is 35.5. The summed E-state index contributed by atoms with van der Waals surface area (Å²) in [4.78, 5) is 99.5. The number of phenolic OH excluding ortho intramolecular Hbond substituents is 1. The van der Waals surface area contributed by atoms with Gasteiger partial charge in [-0.25, -0.2) is 0 Å². The third-order valence-corrected chi connectivity index (χ3v) is 7.23. The van der Waals surface area contributed by atoms with Crippen molar-refractivity contribution in [1.82, 2.24) is 0 Å². The molecule has 0 saturated heterocycles. The van der Waals surface area contributed by atoms with Gasteiger partial charge in [-0.2, -0.15) is 11.8 Å². The van der Waals surface area contributed by atoms with Crippen LogP contribution in [0, 0.1) is 0 Å². The molecule has 0 fully saturated rings. The zero-order chi connectivity index (χ0) is 52.4. The lowest BCUT2D eigenvalue weighted by Crippen LogP contribution is -2.34. The minimum absolute atomic E-state index is 0.0213. The number of carboxylic acids is 8. The maximum Gasteiger partial charge on any atom is 0.321 e. The molecule has 0 saturated carbocycles. The Morgan fingerprint density at radius 3 is 1.15 bits per heavy atom. The van der Waals surface area contributed by atoms with Gasteiger partial charge in [0.25, 0.3) is 0 Å². The number of nitrogens with two attached hydrogens (primary N) is 10. The minimum atomic E-state index is -1.29. The summed E-state index contributed by atoms with van der Waals surface area (Å²) >= 11 is 1.60. The highest BCUT2D eigenvalue weighted by Gasteiger charge is 2.16. The van der Waals surface area contributed by atoms with Crippen LogP contribution in [0.15, 0.2) is 24.3 Å². The van der Waals surface area contributed by atoms with Crippen molar-refractivity contribution in [1.29, 1.82) is 0 Å². The predicted molar refractivity (Wildman–Crippen MR) is 233 cm³/mol. The Hall–Kier alpha value is -6.25. The number of thioether (sulfide) groups is 1. The standard InChI is InChI=1S/C9H11NO3.C6H14N2O2.C5H10N2O3.C5H11NO2S.C4H8N2O3.C4H7NO4.C2H5NO2/c10-8(9(12)13)5-6-1-3-7(11)4-2-6;7-4-2-1-3-5(8)6(9)10;6-3(5(9)10)1-2-4(7)8;1-9-3-2-4(6)5(7)8;2*5-2(4(8)9)1-3(6)7;3-1-2(4)5/h1-4,8,11H,5,10H2,(H,12,13);5H,1-4,7-8H2,(H,9,10);3H,1-2,6H2,(H2,7,8)(H,9,10);4H,2-3,6H2,1H3,(H,7,8);2H,1,5H2,(H2,6,7)(H,8,9);2H,1,5H2,(H,6,7)(H,8,9);1,3H2,(H,4,5)/t8-;5-;3-;4-;2*2-;/m000000./s1. The van der Waals surface area contributed by atoms with Crippen molar-refractivity contribution in [3.8, 4) is 5.75 Å². The van der Waals surface area contributed by atoms with Crippen LogP contribution in [0.3, 0.4) is 0 Å². The predicted octanol–water partition coefficient (Wildman–Crippen LogP) is -5.13. The third-order valence-electron chi connectivity index (χ3n) is 6.59. The Labute approximate surface area is 376 Å². The average molecular weight is 963 g/mol. The van der Waals surface area contributed by atoms with Crippen molar-refractivity contribution in [2.75, 3.05) is 25.1 Å². The molecular formula is C35H66N10O19S. The molecule has 0 aliphatic rings. The topological polar surface area (TPSA) is 613 Å². The number of carboxylic acid groups (broad SMARTS) is 8. The molecule has 0 unspecified atom stereocenters. The summed E-state index contributed by atoms with van der Waals surface area (Å²) < 4.78 is 0.